The van der Waals surface area contributed by atoms with Crippen molar-refractivity contribution >= 4 is 0 Å². The summed E-state index contributed by atoms with van der Waals surface area (Å²) >= 11 is 0. The molecule has 64 valence electrons. The van der Waals surface area contributed by atoms with Gasteiger partial charge in [-0.1, -0.05) is 0 Å². The molecule has 0 bridgehead atoms. The van der Waals surface area contributed by atoms with Gasteiger partial charge in [-0.3, -0.25) is 0 Å². The van der Waals surface area contributed by atoms with Gasteiger partial charge >= 0.3 is 0 Å². The zero-order valence-corrected chi connectivity index (χ0v) is 6.71. The smallest absolute Gasteiger partial charge is 0.0693 e. The van der Waals surface area contributed by atoms with Gasteiger partial charge in [-0.25, -0.2) is 0 Å². The lowest BCUT2D eigenvalue weighted by atomic mass is 10.1. The van der Waals surface area contributed by atoms with Gasteiger partial charge in [0.2, 0.25) is 0 Å². The Kier molecular flexibility index (Phi) is 2.11. The molecule has 3 heteroatoms. The Labute approximate surface area is 67.2 Å². The topological polar surface area (TPSA) is 44.3 Å². The van der Waals surface area contributed by atoms with Crippen molar-refractivity contribution in [1.82, 2.24) is 10.6 Å². The van der Waals surface area contributed by atoms with E-state index in [1.807, 2.05) is 0 Å². The van der Waals surface area contributed by atoms with Crippen LogP contribution >= 0.6 is 0 Å². The molecule has 0 amide bonds. The predicted octanol–water partition coefficient (Wildman–Crippen LogP) is -0.539. The highest BCUT2D eigenvalue weighted by Crippen LogP contribution is 2.19. The first-order valence-electron chi connectivity index (χ1n) is 4.51. The Morgan fingerprint density at radius 1 is 1.27 bits per heavy atom. The molecule has 2 atom stereocenters. The molecule has 0 aromatic heterocycles. The zero-order chi connectivity index (χ0) is 7.68. The van der Waals surface area contributed by atoms with Crippen LogP contribution < -0.4 is 10.6 Å². The van der Waals surface area contributed by atoms with Crippen molar-refractivity contribution < 1.29 is 5.11 Å². The Balaban J connectivity index is 1.75. The number of aliphatic hydroxyl groups is 1. The molecule has 1 aliphatic carbocycles. The largest absolute Gasteiger partial charge is 0.392 e. The predicted molar refractivity (Wildman–Crippen MR) is 43.4 cm³/mol. The summed E-state index contributed by atoms with van der Waals surface area (Å²) in [5.74, 6) is 0. The molecule has 2 rings (SSSR count). The highest BCUT2D eigenvalue weighted by Gasteiger charge is 2.28. The number of nitrogens with one attached hydrogen (secondary N) is 2. The molecule has 3 nitrogen and oxygen atoms in total. The summed E-state index contributed by atoms with van der Waals surface area (Å²) in [5, 5.41) is 16.1. The molecule has 2 fully saturated rings. The van der Waals surface area contributed by atoms with Gasteiger partial charge in [0.15, 0.2) is 0 Å². The van der Waals surface area contributed by atoms with Gasteiger partial charge in [0, 0.05) is 25.2 Å². The summed E-state index contributed by atoms with van der Waals surface area (Å²) < 4.78 is 0. The number of hydrogen-bond acceptors (Lipinski definition) is 3. The van der Waals surface area contributed by atoms with E-state index in [4.69, 9.17) is 0 Å². The van der Waals surface area contributed by atoms with Gasteiger partial charge < -0.3 is 15.7 Å². The van der Waals surface area contributed by atoms with Gasteiger partial charge in [-0.2, -0.15) is 0 Å². The zero-order valence-electron chi connectivity index (χ0n) is 6.71. The highest BCUT2D eigenvalue weighted by molar-refractivity contribution is 4.90. The molecule has 2 aliphatic rings. The fraction of sp³-hybridized carbons (Fsp3) is 1.00. The van der Waals surface area contributed by atoms with Gasteiger partial charge in [-0.05, 0) is 19.3 Å². The molecule has 0 radical (unpaired) electrons. The Hall–Kier alpha value is -0.120. The van der Waals surface area contributed by atoms with Crippen LogP contribution in [0.5, 0.6) is 0 Å². The lowest BCUT2D eigenvalue weighted by molar-refractivity contribution is 0.136. The molecular weight excluding hydrogens is 140 g/mol. The number of hydrogen-bond donors (Lipinski definition) is 3. The van der Waals surface area contributed by atoms with E-state index in [0.717, 1.165) is 25.9 Å². The van der Waals surface area contributed by atoms with Gasteiger partial charge in [0.1, 0.15) is 0 Å². The maximum Gasteiger partial charge on any atom is 0.0693 e. The number of rotatable bonds is 2. The minimum absolute atomic E-state index is 0.0874. The van der Waals surface area contributed by atoms with Gasteiger partial charge in [-0.15, -0.1) is 0 Å². The maximum absolute atomic E-state index is 9.47. The van der Waals surface area contributed by atoms with Crippen LogP contribution in [0, 0.1) is 0 Å². The Bertz CT molecular complexity index is 136. The van der Waals surface area contributed by atoms with E-state index in [1.54, 1.807) is 0 Å². The molecule has 0 aromatic rings. The standard InChI is InChI=1S/C8H16N2O/c11-8-3-1-2-7(8)10-6-4-9-5-6/h6-11H,1-5H2. The first kappa shape index (κ1) is 7.53. The van der Waals surface area contributed by atoms with Gasteiger partial charge in [0.25, 0.3) is 0 Å². The third kappa shape index (κ3) is 1.55. The summed E-state index contributed by atoms with van der Waals surface area (Å²) in [4.78, 5) is 0. The molecule has 1 aliphatic heterocycles. The Morgan fingerprint density at radius 3 is 2.55 bits per heavy atom. The molecule has 1 saturated heterocycles. The van der Waals surface area contributed by atoms with E-state index in [0.29, 0.717) is 12.1 Å². The minimum Gasteiger partial charge on any atom is -0.392 e. The van der Waals surface area contributed by atoms with Crippen molar-refractivity contribution in [3.8, 4) is 0 Å². The third-order valence-corrected chi connectivity index (χ3v) is 2.71. The van der Waals surface area contributed by atoms with E-state index in [-0.39, 0.29) is 6.10 Å². The molecule has 1 saturated carbocycles. The van der Waals surface area contributed by atoms with Crippen LogP contribution in [0.15, 0.2) is 0 Å². The summed E-state index contributed by atoms with van der Waals surface area (Å²) in [6.07, 6.45) is 3.23. The van der Waals surface area contributed by atoms with E-state index in [2.05, 4.69) is 10.6 Å². The van der Waals surface area contributed by atoms with E-state index >= 15 is 0 Å². The SMILES string of the molecule is OC1CCCC1NC1CNC1. The summed E-state index contributed by atoms with van der Waals surface area (Å²) in [5.41, 5.74) is 0. The molecule has 11 heavy (non-hydrogen) atoms. The number of aliphatic hydroxyl groups excluding tert-OH is 1. The molecule has 0 aromatic carbocycles. The average Bonchev–Trinajstić information content (AvgIpc) is 2.27. The van der Waals surface area contributed by atoms with Crippen molar-refractivity contribution in [1.29, 1.82) is 0 Å². The van der Waals surface area contributed by atoms with Crippen LogP contribution in [0.25, 0.3) is 0 Å². The van der Waals surface area contributed by atoms with E-state index < -0.39 is 0 Å². The minimum atomic E-state index is -0.0874. The van der Waals surface area contributed by atoms with Crippen LogP contribution in [0.2, 0.25) is 0 Å². The fourth-order valence-electron chi connectivity index (χ4n) is 1.84. The summed E-state index contributed by atoms with van der Waals surface area (Å²) in [6.45, 7) is 2.15. The lowest BCUT2D eigenvalue weighted by Gasteiger charge is -2.32. The second-order valence-corrected chi connectivity index (χ2v) is 3.63. The molecule has 3 N–H and O–H groups in total. The highest BCUT2D eigenvalue weighted by atomic mass is 16.3. The van der Waals surface area contributed by atoms with Crippen LogP contribution in [-0.4, -0.2) is 36.4 Å². The van der Waals surface area contributed by atoms with Crippen molar-refractivity contribution in [2.45, 2.75) is 37.5 Å². The Morgan fingerprint density at radius 2 is 2.09 bits per heavy atom. The average molecular weight is 156 g/mol. The van der Waals surface area contributed by atoms with Gasteiger partial charge in [0.05, 0.1) is 6.10 Å². The fourth-order valence-corrected chi connectivity index (χ4v) is 1.84. The molecule has 2 unspecified atom stereocenters. The van der Waals surface area contributed by atoms with E-state index in [9.17, 15) is 5.11 Å². The molecule has 0 spiro atoms. The summed E-state index contributed by atoms with van der Waals surface area (Å²) in [6, 6.07) is 0.995. The van der Waals surface area contributed by atoms with Crippen molar-refractivity contribution in [2.24, 2.45) is 0 Å². The first-order valence-corrected chi connectivity index (χ1v) is 4.51. The monoisotopic (exact) mass is 156 g/mol. The van der Waals surface area contributed by atoms with Crippen LogP contribution in [0.3, 0.4) is 0 Å². The van der Waals surface area contributed by atoms with Crippen molar-refractivity contribution in [3.63, 3.8) is 0 Å². The first-order chi connectivity index (χ1) is 5.36. The maximum atomic E-state index is 9.47. The molecular formula is C8H16N2O. The van der Waals surface area contributed by atoms with E-state index in [1.165, 1.54) is 6.42 Å². The molecule has 1 heterocycles. The lowest BCUT2D eigenvalue weighted by Crippen LogP contribution is -2.59. The normalized spacial score (nSPS) is 39.0. The van der Waals surface area contributed by atoms with Crippen LogP contribution in [0.4, 0.5) is 0 Å². The quantitative estimate of drug-likeness (QED) is 0.503. The summed E-state index contributed by atoms with van der Waals surface area (Å²) in [7, 11) is 0. The second kappa shape index (κ2) is 3.09. The van der Waals surface area contributed by atoms with Crippen LogP contribution in [0.1, 0.15) is 19.3 Å². The van der Waals surface area contributed by atoms with Crippen molar-refractivity contribution in [2.75, 3.05) is 13.1 Å². The van der Waals surface area contributed by atoms with Crippen molar-refractivity contribution in [3.05, 3.63) is 0 Å². The van der Waals surface area contributed by atoms with Crippen LogP contribution in [-0.2, 0) is 0 Å². The second-order valence-electron chi connectivity index (χ2n) is 3.63. The third-order valence-electron chi connectivity index (χ3n) is 2.71.